The van der Waals surface area contributed by atoms with Crippen LogP contribution in [0.25, 0.3) is 0 Å². The molecule has 0 aromatic heterocycles. The van der Waals surface area contributed by atoms with E-state index in [1.54, 1.807) is 6.07 Å². The van der Waals surface area contributed by atoms with Crippen molar-refractivity contribution in [3.63, 3.8) is 0 Å². The highest BCUT2D eigenvalue weighted by atomic mass is 79.9. The minimum absolute atomic E-state index is 0.397. The quantitative estimate of drug-likeness (QED) is 0.890. The number of benzene rings is 1. The summed E-state index contributed by atoms with van der Waals surface area (Å²) in [5.41, 5.74) is 6.99. The molecular weight excluding hydrogens is 306 g/mol. The Balaban J connectivity index is 2.04. The molecule has 4 nitrogen and oxygen atoms in total. The van der Waals surface area contributed by atoms with Crippen LogP contribution >= 0.6 is 15.9 Å². The molecule has 1 fully saturated rings. The molecule has 0 bridgehead atoms. The standard InChI is InChI=1S/C14H20BrN3O/c1-17-9-10-4-6-18(7-5-10)11-2-3-12(14(16)19)13(15)8-11/h2-3,8,10,17H,4-7,9H2,1H3,(H2,16,19). The lowest BCUT2D eigenvalue weighted by atomic mass is 9.96. The van der Waals surface area contributed by atoms with Gasteiger partial charge in [0, 0.05) is 23.2 Å². The van der Waals surface area contributed by atoms with Gasteiger partial charge in [-0.1, -0.05) is 0 Å². The fourth-order valence-electron chi connectivity index (χ4n) is 2.58. The maximum Gasteiger partial charge on any atom is 0.249 e. The van der Waals surface area contributed by atoms with Crippen molar-refractivity contribution < 1.29 is 4.79 Å². The number of amides is 1. The SMILES string of the molecule is CNCC1CCN(c2ccc(C(N)=O)c(Br)c2)CC1. The lowest BCUT2D eigenvalue weighted by Crippen LogP contribution is -2.36. The summed E-state index contributed by atoms with van der Waals surface area (Å²) in [6.07, 6.45) is 2.41. The normalized spacial score (nSPS) is 16.6. The molecule has 1 aromatic rings. The first kappa shape index (κ1) is 14.3. The zero-order chi connectivity index (χ0) is 13.8. The van der Waals surface area contributed by atoms with Gasteiger partial charge in [-0.05, 0) is 66.5 Å². The fraction of sp³-hybridized carbons (Fsp3) is 0.500. The van der Waals surface area contributed by atoms with Crippen molar-refractivity contribution in [1.29, 1.82) is 0 Å². The van der Waals surface area contributed by atoms with Crippen LogP contribution < -0.4 is 16.0 Å². The summed E-state index contributed by atoms with van der Waals surface area (Å²) in [6, 6.07) is 5.75. The van der Waals surface area contributed by atoms with E-state index >= 15 is 0 Å². The average Bonchev–Trinajstić information content (AvgIpc) is 2.39. The first-order valence-electron chi connectivity index (χ1n) is 6.60. The maximum absolute atomic E-state index is 11.2. The third kappa shape index (κ3) is 3.48. The number of piperidine rings is 1. The lowest BCUT2D eigenvalue weighted by molar-refractivity contribution is 0.0999. The molecule has 0 spiro atoms. The van der Waals surface area contributed by atoms with Crippen molar-refractivity contribution in [3.8, 4) is 0 Å². The fourth-order valence-corrected chi connectivity index (χ4v) is 3.15. The molecule has 5 heteroatoms. The molecule has 1 amide bonds. The molecule has 3 N–H and O–H groups in total. The van der Waals surface area contributed by atoms with Gasteiger partial charge in [0.15, 0.2) is 0 Å². The van der Waals surface area contributed by atoms with Crippen LogP contribution in [-0.4, -0.2) is 32.6 Å². The summed E-state index contributed by atoms with van der Waals surface area (Å²) in [5.74, 6) is 0.376. The van der Waals surface area contributed by atoms with Crippen LogP contribution in [0.3, 0.4) is 0 Å². The molecule has 1 aliphatic rings. The largest absolute Gasteiger partial charge is 0.371 e. The van der Waals surface area contributed by atoms with Crippen LogP contribution in [-0.2, 0) is 0 Å². The number of primary amides is 1. The van der Waals surface area contributed by atoms with E-state index < -0.39 is 5.91 Å². The van der Waals surface area contributed by atoms with E-state index in [1.807, 2.05) is 19.2 Å². The van der Waals surface area contributed by atoms with Crippen LogP contribution in [0.2, 0.25) is 0 Å². The second kappa shape index (κ2) is 6.39. The van der Waals surface area contributed by atoms with Gasteiger partial charge in [0.1, 0.15) is 0 Å². The molecule has 1 saturated heterocycles. The monoisotopic (exact) mass is 325 g/mol. The summed E-state index contributed by atoms with van der Waals surface area (Å²) < 4.78 is 0.773. The Morgan fingerprint density at radius 1 is 1.47 bits per heavy atom. The Labute approximate surface area is 122 Å². The minimum Gasteiger partial charge on any atom is -0.371 e. The van der Waals surface area contributed by atoms with Crippen LogP contribution in [0.5, 0.6) is 0 Å². The van der Waals surface area contributed by atoms with Gasteiger partial charge >= 0.3 is 0 Å². The summed E-state index contributed by atoms with van der Waals surface area (Å²) in [6.45, 7) is 3.22. The van der Waals surface area contributed by atoms with E-state index in [-0.39, 0.29) is 0 Å². The van der Waals surface area contributed by atoms with Gasteiger partial charge in [0.2, 0.25) is 5.91 Å². The Morgan fingerprint density at radius 3 is 2.68 bits per heavy atom. The van der Waals surface area contributed by atoms with E-state index in [4.69, 9.17) is 5.73 Å². The van der Waals surface area contributed by atoms with Crippen molar-refractivity contribution >= 4 is 27.5 Å². The topological polar surface area (TPSA) is 58.4 Å². The Morgan fingerprint density at radius 2 is 2.16 bits per heavy atom. The van der Waals surface area contributed by atoms with Crippen molar-refractivity contribution in [1.82, 2.24) is 5.32 Å². The van der Waals surface area contributed by atoms with Gasteiger partial charge < -0.3 is 16.0 Å². The highest BCUT2D eigenvalue weighted by Gasteiger charge is 2.19. The minimum atomic E-state index is -0.397. The van der Waals surface area contributed by atoms with Crippen LogP contribution in [0.4, 0.5) is 5.69 Å². The molecule has 0 saturated carbocycles. The number of halogens is 1. The maximum atomic E-state index is 11.2. The molecular formula is C14H20BrN3O. The number of nitrogens with one attached hydrogen (secondary N) is 1. The molecule has 1 aliphatic heterocycles. The number of hydrogen-bond acceptors (Lipinski definition) is 3. The van der Waals surface area contributed by atoms with E-state index in [0.29, 0.717) is 5.56 Å². The second-order valence-corrected chi connectivity index (χ2v) is 5.87. The second-order valence-electron chi connectivity index (χ2n) is 5.02. The number of nitrogens with zero attached hydrogens (tertiary/aromatic N) is 1. The Bertz CT molecular complexity index is 456. The van der Waals surface area contributed by atoms with Crippen LogP contribution in [0, 0.1) is 5.92 Å². The lowest BCUT2D eigenvalue weighted by Gasteiger charge is -2.33. The molecule has 1 aromatic carbocycles. The van der Waals surface area contributed by atoms with E-state index in [9.17, 15) is 4.79 Å². The Hall–Kier alpha value is -1.07. The number of anilines is 1. The summed E-state index contributed by atoms with van der Waals surface area (Å²) >= 11 is 3.41. The van der Waals surface area contributed by atoms with Crippen molar-refractivity contribution in [2.45, 2.75) is 12.8 Å². The van der Waals surface area contributed by atoms with Gasteiger partial charge in [-0.15, -0.1) is 0 Å². The molecule has 0 aliphatic carbocycles. The first-order valence-corrected chi connectivity index (χ1v) is 7.40. The van der Waals surface area contributed by atoms with Crippen molar-refractivity contribution in [2.24, 2.45) is 11.7 Å². The van der Waals surface area contributed by atoms with Gasteiger partial charge in [0.05, 0.1) is 5.56 Å². The molecule has 0 radical (unpaired) electrons. The molecule has 19 heavy (non-hydrogen) atoms. The van der Waals surface area contributed by atoms with E-state index in [1.165, 1.54) is 12.8 Å². The predicted octanol–water partition coefficient (Wildman–Crippen LogP) is 1.98. The zero-order valence-electron chi connectivity index (χ0n) is 11.2. The van der Waals surface area contributed by atoms with Crippen molar-refractivity contribution in [2.75, 3.05) is 31.6 Å². The summed E-state index contributed by atoms with van der Waals surface area (Å²) in [4.78, 5) is 13.6. The zero-order valence-corrected chi connectivity index (χ0v) is 12.7. The Kier molecular flexibility index (Phi) is 4.82. The van der Waals surface area contributed by atoms with Crippen molar-refractivity contribution in [3.05, 3.63) is 28.2 Å². The number of carbonyl (C=O) groups is 1. The van der Waals surface area contributed by atoms with Crippen LogP contribution in [0.15, 0.2) is 22.7 Å². The van der Waals surface area contributed by atoms with E-state index in [0.717, 1.165) is 35.7 Å². The summed E-state index contributed by atoms with van der Waals surface area (Å²) in [5, 5.41) is 3.24. The third-order valence-electron chi connectivity index (χ3n) is 3.69. The van der Waals surface area contributed by atoms with Gasteiger partial charge in [-0.25, -0.2) is 0 Å². The highest BCUT2D eigenvalue weighted by Crippen LogP contribution is 2.27. The summed E-state index contributed by atoms with van der Waals surface area (Å²) in [7, 11) is 2.01. The predicted molar refractivity (Wildman–Crippen MR) is 81.5 cm³/mol. The molecule has 2 rings (SSSR count). The molecule has 1 heterocycles. The molecule has 0 unspecified atom stereocenters. The van der Waals surface area contributed by atoms with Gasteiger partial charge in [-0.2, -0.15) is 0 Å². The first-order chi connectivity index (χ1) is 9.11. The van der Waals surface area contributed by atoms with E-state index in [2.05, 4.69) is 26.1 Å². The highest BCUT2D eigenvalue weighted by molar-refractivity contribution is 9.10. The van der Waals surface area contributed by atoms with Gasteiger partial charge in [-0.3, -0.25) is 4.79 Å². The number of rotatable bonds is 4. The number of hydrogen-bond donors (Lipinski definition) is 2. The molecule has 104 valence electrons. The number of nitrogens with two attached hydrogens (primary N) is 1. The van der Waals surface area contributed by atoms with Crippen LogP contribution in [0.1, 0.15) is 23.2 Å². The average molecular weight is 326 g/mol. The number of carbonyl (C=O) groups excluding carboxylic acids is 1. The van der Waals surface area contributed by atoms with Gasteiger partial charge in [0.25, 0.3) is 0 Å². The third-order valence-corrected chi connectivity index (χ3v) is 4.35. The smallest absolute Gasteiger partial charge is 0.249 e. The molecule has 0 atom stereocenters.